The highest BCUT2D eigenvalue weighted by Gasteiger charge is 2.17. The van der Waals surface area contributed by atoms with Crippen LogP contribution in [0.2, 0.25) is 0 Å². The number of para-hydroxylation sites is 2. The van der Waals surface area contributed by atoms with E-state index in [-0.39, 0.29) is 5.56 Å². The number of fused-ring (bicyclic) bond motifs is 2. The van der Waals surface area contributed by atoms with Crippen LogP contribution in [0.25, 0.3) is 39.1 Å². The Labute approximate surface area is 215 Å². The molecule has 0 aliphatic rings. The molecule has 6 aromatic rings. The molecule has 3 aromatic heterocycles. The molecule has 0 aliphatic heterocycles. The normalized spacial score (nSPS) is 11.8. The Kier molecular flexibility index (Phi) is 5.42. The Balaban J connectivity index is 1.53. The molecule has 0 atom stereocenters. The van der Waals surface area contributed by atoms with Crippen LogP contribution >= 0.6 is 15.9 Å². The van der Waals surface area contributed by atoms with Crippen LogP contribution in [0, 0.1) is 13.8 Å². The van der Waals surface area contributed by atoms with E-state index in [4.69, 9.17) is 9.40 Å². The number of hydrogen-bond donors (Lipinski definition) is 0. The Morgan fingerprint density at radius 3 is 2.56 bits per heavy atom. The molecule has 0 bridgehead atoms. The molecule has 0 saturated carbocycles. The second kappa shape index (κ2) is 8.77. The van der Waals surface area contributed by atoms with E-state index >= 15 is 0 Å². The van der Waals surface area contributed by atoms with Crippen molar-refractivity contribution < 1.29 is 4.42 Å². The Bertz CT molecular complexity index is 1840. The fraction of sp³-hybridized carbons (Fsp3) is 0.0690. The number of benzene rings is 3. The highest BCUT2D eigenvalue weighted by atomic mass is 79.9. The molecule has 0 spiro atoms. The summed E-state index contributed by atoms with van der Waals surface area (Å²) in [6.45, 7) is 4.10. The third-order valence-corrected chi connectivity index (χ3v) is 6.74. The number of nitrogens with zero attached hydrogens (tertiary/aromatic N) is 4. The molecule has 7 heteroatoms. The van der Waals surface area contributed by atoms with E-state index in [1.807, 2.05) is 67.6 Å². The van der Waals surface area contributed by atoms with Crippen LogP contribution in [0.15, 0.2) is 104 Å². The first-order valence-corrected chi connectivity index (χ1v) is 12.3. The fourth-order valence-corrected chi connectivity index (χ4v) is 4.91. The van der Waals surface area contributed by atoms with Gasteiger partial charge in [0.25, 0.3) is 5.56 Å². The lowest BCUT2D eigenvalue weighted by atomic mass is 10.2. The van der Waals surface area contributed by atoms with E-state index in [9.17, 15) is 4.79 Å². The molecule has 0 aliphatic carbocycles. The summed E-state index contributed by atoms with van der Waals surface area (Å²) in [6, 6.07) is 27.1. The van der Waals surface area contributed by atoms with Gasteiger partial charge in [-0.1, -0.05) is 46.3 Å². The summed E-state index contributed by atoms with van der Waals surface area (Å²) >= 11 is 3.50. The van der Waals surface area contributed by atoms with Gasteiger partial charge >= 0.3 is 0 Å². The Morgan fingerprint density at radius 1 is 0.944 bits per heavy atom. The van der Waals surface area contributed by atoms with Crippen molar-refractivity contribution >= 4 is 44.0 Å². The Hall–Kier alpha value is -4.23. The molecule has 6 nitrogen and oxygen atoms in total. The highest BCUT2D eigenvalue weighted by molar-refractivity contribution is 9.10. The minimum absolute atomic E-state index is 0.259. The van der Waals surface area contributed by atoms with Crippen LogP contribution in [0.1, 0.15) is 17.0 Å². The van der Waals surface area contributed by atoms with E-state index in [1.54, 1.807) is 12.3 Å². The zero-order valence-electron chi connectivity index (χ0n) is 19.6. The highest BCUT2D eigenvalue weighted by Crippen LogP contribution is 2.29. The fourth-order valence-electron chi connectivity index (χ4n) is 4.53. The molecule has 0 saturated heterocycles. The average molecular weight is 537 g/mol. The van der Waals surface area contributed by atoms with E-state index in [0.29, 0.717) is 28.1 Å². The molecule has 176 valence electrons. The third-order valence-electron chi connectivity index (χ3n) is 6.25. The molecule has 0 unspecified atom stereocenters. The van der Waals surface area contributed by atoms with Gasteiger partial charge in [0, 0.05) is 32.5 Å². The van der Waals surface area contributed by atoms with Gasteiger partial charge in [0.05, 0.1) is 17.1 Å². The van der Waals surface area contributed by atoms with Crippen molar-refractivity contribution in [3.8, 4) is 17.3 Å². The maximum Gasteiger partial charge on any atom is 0.282 e. The molecule has 3 aromatic carbocycles. The van der Waals surface area contributed by atoms with Gasteiger partial charge in [-0.15, -0.1) is 0 Å². The summed E-state index contributed by atoms with van der Waals surface area (Å²) in [7, 11) is 0. The number of aromatic nitrogens is 3. The molecule has 6 rings (SSSR count). The first-order chi connectivity index (χ1) is 17.5. The number of aryl methyl sites for hydroxylation is 1. The quantitative estimate of drug-likeness (QED) is 0.231. The van der Waals surface area contributed by atoms with E-state index < -0.39 is 0 Å². The van der Waals surface area contributed by atoms with Crippen molar-refractivity contribution in [3.05, 3.63) is 117 Å². The Morgan fingerprint density at radius 2 is 1.72 bits per heavy atom. The molecule has 36 heavy (non-hydrogen) atoms. The number of furan rings is 1. The molecule has 0 radical (unpaired) electrons. The minimum atomic E-state index is -0.259. The van der Waals surface area contributed by atoms with Crippen molar-refractivity contribution in [3.63, 3.8) is 0 Å². The topological polar surface area (TPSA) is 65.3 Å². The molecule has 0 amide bonds. The smallest absolute Gasteiger partial charge is 0.282 e. The van der Waals surface area contributed by atoms with E-state index in [1.165, 1.54) is 4.68 Å². The summed E-state index contributed by atoms with van der Waals surface area (Å²) in [5.74, 6) is 0.817. The van der Waals surface area contributed by atoms with Crippen LogP contribution in [-0.2, 0) is 0 Å². The largest absolute Gasteiger partial charge is 0.453 e. The van der Waals surface area contributed by atoms with Crippen LogP contribution in [-0.4, -0.2) is 20.4 Å². The number of hydrogen-bond acceptors (Lipinski definition) is 4. The molecular weight excluding hydrogens is 516 g/mol. The minimum Gasteiger partial charge on any atom is -0.453 e. The van der Waals surface area contributed by atoms with E-state index in [2.05, 4.69) is 50.7 Å². The van der Waals surface area contributed by atoms with Crippen molar-refractivity contribution in [2.45, 2.75) is 13.8 Å². The lowest BCUT2D eigenvalue weighted by Crippen LogP contribution is -2.20. The number of halogens is 1. The monoisotopic (exact) mass is 536 g/mol. The van der Waals surface area contributed by atoms with Gasteiger partial charge in [0.2, 0.25) is 5.82 Å². The summed E-state index contributed by atoms with van der Waals surface area (Å²) in [5, 5.41) is 6.03. The lowest BCUT2D eigenvalue weighted by Gasteiger charge is -2.09. The first kappa shape index (κ1) is 22.2. The standard InChI is InChI=1S/C29H21BrN4O2/c1-18-14-21(19(2)33(18)23-8-4-3-5-9-23)17-31-34-28(32-25-11-7-6-10-24(25)29(34)35)27-16-20-15-22(30)12-13-26(20)36-27/h3-17H,1-2H3. The van der Waals surface area contributed by atoms with Gasteiger partial charge in [-0.2, -0.15) is 9.78 Å². The van der Waals surface area contributed by atoms with Crippen molar-refractivity contribution in [2.24, 2.45) is 5.10 Å². The van der Waals surface area contributed by atoms with Gasteiger partial charge < -0.3 is 8.98 Å². The van der Waals surface area contributed by atoms with Gasteiger partial charge in [-0.05, 0) is 68.4 Å². The van der Waals surface area contributed by atoms with Crippen molar-refractivity contribution in [1.29, 1.82) is 0 Å². The molecule has 3 heterocycles. The molecule has 0 N–H and O–H groups in total. The van der Waals surface area contributed by atoms with Crippen molar-refractivity contribution in [2.75, 3.05) is 0 Å². The maximum absolute atomic E-state index is 13.5. The average Bonchev–Trinajstić information content (AvgIpc) is 3.43. The maximum atomic E-state index is 13.5. The number of rotatable bonds is 4. The summed E-state index contributed by atoms with van der Waals surface area (Å²) in [4.78, 5) is 18.3. The predicted octanol–water partition coefficient (Wildman–Crippen LogP) is 6.86. The summed E-state index contributed by atoms with van der Waals surface area (Å²) in [5.41, 5.74) is 5.13. The predicted molar refractivity (Wildman–Crippen MR) is 147 cm³/mol. The first-order valence-electron chi connectivity index (χ1n) is 11.5. The summed E-state index contributed by atoms with van der Waals surface area (Å²) in [6.07, 6.45) is 1.71. The van der Waals surface area contributed by atoms with Gasteiger partial charge in [0.1, 0.15) is 5.58 Å². The zero-order chi connectivity index (χ0) is 24.8. The van der Waals surface area contributed by atoms with Crippen LogP contribution in [0.3, 0.4) is 0 Å². The van der Waals surface area contributed by atoms with Crippen LogP contribution in [0.4, 0.5) is 0 Å². The van der Waals surface area contributed by atoms with Crippen LogP contribution in [0.5, 0.6) is 0 Å². The second-order valence-corrected chi connectivity index (χ2v) is 9.52. The van der Waals surface area contributed by atoms with Crippen molar-refractivity contribution in [1.82, 2.24) is 14.2 Å². The van der Waals surface area contributed by atoms with Gasteiger partial charge in [0.15, 0.2) is 5.76 Å². The van der Waals surface area contributed by atoms with Gasteiger partial charge in [-0.25, -0.2) is 4.98 Å². The third kappa shape index (κ3) is 3.78. The SMILES string of the molecule is Cc1cc(C=Nn2c(-c3cc4cc(Br)ccc4o3)nc3ccccc3c2=O)c(C)n1-c1ccccc1. The van der Waals surface area contributed by atoms with Gasteiger partial charge in [-0.3, -0.25) is 4.79 Å². The van der Waals surface area contributed by atoms with Crippen LogP contribution < -0.4 is 5.56 Å². The zero-order valence-corrected chi connectivity index (χ0v) is 21.2. The lowest BCUT2D eigenvalue weighted by molar-refractivity contribution is 0.616. The molecular formula is C29H21BrN4O2. The second-order valence-electron chi connectivity index (χ2n) is 8.60. The van der Waals surface area contributed by atoms with E-state index in [0.717, 1.165) is 32.5 Å². The molecule has 0 fully saturated rings. The summed E-state index contributed by atoms with van der Waals surface area (Å²) < 4.78 is 10.5.